The van der Waals surface area contributed by atoms with E-state index in [0.29, 0.717) is 32.5 Å². The van der Waals surface area contributed by atoms with Gasteiger partial charge < -0.3 is 20.3 Å². The van der Waals surface area contributed by atoms with Crippen LogP contribution in [0.5, 0.6) is 5.75 Å². The van der Waals surface area contributed by atoms with Crippen molar-refractivity contribution in [3.05, 3.63) is 29.8 Å². The number of carbonyl (C=O) groups excluding carboxylic acids is 2. The number of rotatable bonds is 4. The lowest BCUT2D eigenvalue weighted by atomic mass is 9.96. The van der Waals surface area contributed by atoms with Gasteiger partial charge in [0.25, 0.3) is 5.91 Å². The zero-order valence-electron chi connectivity index (χ0n) is 14.4. The molecule has 1 aromatic rings. The van der Waals surface area contributed by atoms with E-state index in [1.54, 1.807) is 15.9 Å². The number of hydrogen-bond acceptors (Lipinski definition) is 4. The molecule has 0 radical (unpaired) electrons. The lowest BCUT2D eigenvalue weighted by molar-refractivity contribution is -0.135. The Morgan fingerprint density at radius 1 is 1.12 bits per heavy atom. The SMILES string of the molecule is N[C@@H]1CCN(C(=O)C2CCCN(C(=O)c3ccccc3OC(F)F)C2)C1. The first-order valence-electron chi connectivity index (χ1n) is 8.83. The molecule has 0 aromatic heterocycles. The van der Waals surface area contributed by atoms with Crippen LogP contribution in [0, 0.1) is 5.92 Å². The summed E-state index contributed by atoms with van der Waals surface area (Å²) in [6.45, 7) is -1.03. The quantitative estimate of drug-likeness (QED) is 0.879. The first-order chi connectivity index (χ1) is 12.5. The zero-order valence-corrected chi connectivity index (χ0v) is 14.4. The van der Waals surface area contributed by atoms with Crippen LogP contribution in [0.25, 0.3) is 0 Å². The molecule has 0 saturated carbocycles. The number of carbonyl (C=O) groups is 2. The van der Waals surface area contributed by atoms with Gasteiger partial charge >= 0.3 is 6.61 Å². The van der Waals surface area contributed by atoms with Gasteiger partial charge in [-0.15, -0.1) is 0 Å². The summed E-state index contributed by atoms with van der Waals surface area (Å²) in [4.78, 5) is 28.8. The fourth-order valence-electron chi connectivity index (χ4n) is 3.62. The van der Waals surface area contributed by atoms with Crippen molar-refractivity contribution < 1.29 is 23.1 Å². The summed E-state index contributed by atoms with van der Waals surface area (Å²) in [5.74, 6) is -0.794. The molecular formula is C18H23F2N3O3. The summed E-state index contributed by atoms with van der Waals surface area (Å²) in [5.41, 5.74) is 5.95. The molecule has 26 heavy (non-hydrogen) atoms. The van der Waals surface area contributed by atoms with E-state index in [9.17, 15) is 18.4 Å². The number of amides is 2. The highest BCUT2D eigenvalue weighted by atomic mass is 19.3. The normalized spacial score (nSPS) is 23.4. The number of benzene rings is 1. The molecule has 0 bridgehead atoms. The van der Waals surface area contributed by atoms with Gasteiger partial charge in [-0.25, -0.2) is 0 Å². The van der Waals surface area contributed by atoms with Gasteiger partial charge in [0.2, 0.25) is 5.91 Å². The predicted octanol–water partition coefficient (Wildman–Crippen LogP) is 1.70. The van der Waals surface area contributed by atoms with Crippen LogP contribution in [0.15, 0.2) is 24.3 Å². The van der Waals surface area contributed by atoms with Gasteiger partial charge in [-0.2, -0.15) is 8.78 Å². The van der Waals surface area contributed by atoms with Crippen LogP contribution in [0.1, 0.15) is 29.6 Å². The minimum Gasteiger partial charge on any atom is -0.434 e. The van der Waals surface area contributed by atoms with E-state index in [1.165, 1.54) is 18.2 Å². The molecule has 1 unspecified atom stereocenters. The minimum atomic E-state index is -3.00. The summed E-state index contributed by atoms with van der Waals surface area (Å²) < 4.78 is 29.6. The molecule has 2 amide bonds. The Morgan fingerprint density at radius 3 is 2.58 bits per heavy atom. The smallest absolute Gasteiger partial charge is 0.387 e. The molecule has 2 fully saturated rings. The maximum absolute atomic E-state index is 12.8. The Bertz CT molecular complexity index is 671. The number of likely N-dealkylation sites (tertiary alicyclic amines) is 2. The molecule has 2 saturated heterocycles. The molecule has 0 spiro atoms. The third kappa shape index (κ3) is 4.12. The van der Waals surface area contributed by atoms with E-state index in [1.807, 2.05) is 0 Å². The van der Waals surface area contributed by atoms with Crippen molar-refractivity contribution in [1.82, 2.24) is 9.80 Å². The first kappa shape index (κ1) is 18.6. The van der Waals surface area contributed by atoms with Crippen LogP contribution in [0.2, 0.25) is 0 Å². The second-order valence-corrected chi connectivity index (χ2v) is 6.80. The molecular weight excluding hydrogens is 344 g/mol. The monoisotopic (exact) mass is 367 g/mol. The van der Waals surface area contributed by atoms with Gasteiger partial charge in [-0.3, -0.25) is 9.59 Å². The summed E-state index contributed by atoms with van der Waals surface area (Å²) in [6.07, 6.45) is 2.20. The fourth-order valence-corrected chi connectivity index (χ4v) is 3.62. The van der Waals surface area contributed by atoms with Gasteiger partial charge in [0, 0.05) is 32.2 Å². The summed E-state index contributed by atoms with van der Waals surface area (Å²) in [5, 5.41) is 0. The molecule has 6 nitrogen and oxygen atoms in total. The topological polar surface area (TPSA) is 75.9 Å². The second kappa shape index (κ2) is 7.99. The number of ether oxygens (including phenoxy) is 1. The Morgan fingerprint density at radius 2 is 1.88 bits per heavy atom. The number of hydrogen-bond donors (Lipinski definition) is 1. The lowest BCUT2D eigenvalue weighted by Gasteiger charge is -2.34. The van der Waals surface area contributed by atoms with E-state index >= 15 is 0 Å². The van der Waals surface area contributed by atoms with Gasteiger partial charge in [0.15, 0.2) is 0 Å². The van der Waals surface area contributed by atoms with Crippen LogP contribution in [0.3, 0.4) is 0 Å². The maximum atomic E-state index is 12.8. The fraction of sp³-hybridized carbons (Fsp3) is 0.556. The third-order valence-electron chi connectivity index (χ3n) is 4.93. The lowest BCUT2D eigenvalue weighted by Crippen LogP contribution is -2.46. The number of nitrogens with zero attached hydrogens (tertiary/aromatic N) is 2. The zero-order chi connectivity index (χ0) is 18.7. The third-order valence-corrected chi connectivity index (χ3v) is 4.93. The summed E-state index contributed by atoms with van der Waals surface area (Å²) in [6, 6.07) is 5.96. The Balaban J connectivity index is 1.69. The van der Waals surface area contributed by atoms with Crippen molar-refractivity contribution in [2.24, 2.45) is 11.7 Å². The molecule has 2 N–H and O–H groups in total. The number of nitrogens with two attached hydrogens (primary N) is 1. The van der Waals surface area contributed by atoms with Gasteiger partial charge in [0.05, 0.1) is 11.5 Å². The van der Waals surface area contributed by atoms with E-state index in [0.717, 1.165) is 6.42 Å². The van der Waals surface area contributed by atoms with E-state index < -0.39 is 12.5 Å². The van der Waals surface area contributed by atoms with Crippen molar-refractivity contribution in [3.63, 3.8) is 0 Å². The molecule has 2 aliphatic rings. The summed E-state index contributed by atoms with van der Waals surface area (Å²) >= 11 is 0. The number of alkyl halides is 2. The van der Waals surface area contributed by atoms with Crippen molar-refractivity contribution >= 4 is 11.8 Å². The molecule has 2 aliphatic heterocycles. The average Bonchev–Trinajstić information content (AvgIpc) is 3.07. The second-order valence-electron chi connectivity index (χ2n) is 6.80. The van der Waals surface area contributed by atoms with Crippen LogP contribution in [0.4, 0.5) is 8.78 Å². The van der Waals surface area contributed by atoms with Crippen molar-refractivity contribution in [3.8, 4) is 5.75 Å². The number of halogens is 2. The number of para-hydroxylation sites is 1. The molecule has 2 heterocycles. The average molecular weight is 367 g/mol. The van der Waals surface area contributed by atoms with E-state index in [4.69, 9.17) is 5.73 Å². The Kier molecular flexibility index (Phi) is 5.70. The van der Waals surface area contributed by atoms with Gasteiger partial charge in [-0.05, 0) is 31.4 Å². The molecule has 2 atom stereocenters. The standard InChI is InChI=1S/C18H23F2N3O3/c19-18(20)26-15-6-2-1-5-14(15)17(25)22-8-3-4-12(10-22)16(24)23-9-7-13(21)11-23/h1-2,5-6,12-13,18H,3-4,7-11,21H2/t12?,13-/m1/s1. The molecule has 0 aliphatic carbocycles. The highest BCUT2D eigenvalue weighted by Crippen LogP contribution is 2.26. The maximum Gasteiger partial charge on any atom is 0.387 e. The Labute approximate surface area is 150 Å². The molecule has 1 aromatic carbocycles. The highest BCUT2D eigenvalue weighted by Gasteiger charge is 2.34. The van der Waals surface area contributed by atoms with Crippen molar-refractivity contribution in [1.29, 1.82) is 0 Å². The minimum absolute atomic E-state index is 0.0126. The van der Waals surface area contributed by atoms with Crippen molar-refractivity contribution in [2.75, 3.05) is 26.2 Å². The summed E-state index contributed by atoms with van der Waals surface area (Å²) in [7, 11) is 0. The van der Waals surface area contributed by atoms with E-state index in [-0.39, 0.29) is 35.7 Å². The Hall–Kier alpha value is -2.22. The first-order valence-corrected chi connectivity index (χ1v) is 8.83. The van der Waals surface area contributed by atoms with E-state index in [2.05, 4.69) is 4.74 Å². The predicted molar refractivity (Wildman–Crippen MR) is 90.9 cm³/mol. The molecule has 142 valence electrons. The van der Waals surface area contributed by atoms with Crippen LogP contribution >= 0.6 is 0 Å². The van der Waals surface area contributed by atoms with Crippen LogP contribution < -0.4 is 10.5 Å². The van der Waals surface area contributed by atoms with Crippen LogP contribution in [-0.4, -0.2) is 60.4 Å². The number of piperidine rings is 1. The largest absolute Gasteiger partial charge is 0.434 e. The van der Waals surface area contributed by atoms with Gasteiger partial charge in [0.1, 0.15) is 5.75 Å². The van der Waals surface area contributed by atoms with Crippen molar-refractivity contribution in [2.45, 2.75) is 31.9 Å². The highest BCUT2D eigenvalue weighted by molar-refractivity contribution is 5.97. The molecule has 8 heteroatoms. The molecule has 3 rings (SSSR count). The van der Waals surface area contributed by atoms with Gasteiger partial charge in [-0.1, -0.05) is 12.1 Å². The van der Waals surface area contributed by atoms with Crippen LogP contribution in [-0.2, 0) is 4.79 Å².